The summed E-state index contributed by atoms with van der Waals surface area (Å²) in [6.07, 6.45) is 2.04. The molecule has 3 heteroatoms. The lowest BCUT2D eigenvalue weighted by Gasteiger charge is -2.32. The normalized spacial score (nSPS) is 17.8. The zero-order chi connectivity index (χ0) is 10.5. The quantitative estimate of drug-likeness (QED) is 0.670. The average Bonchev–Trinajstić information content (AvgIpc) is 2.02. The van der Waals surface area contributed by atoms with Crippen LogP contribution in [0, 0.1) is 5.92 Å². The van der Waals surface area contributed by atoms with Crippen molar-refractivity contribution in [3.05, 3.63) is 0 Å². The molecule has 0 aliphatic heterocycles. The molecule has 2 unspecified atom stereocenters. The number of carbonyl (C=O) groups is 1. The minimum Gasteiger partial charge on any atom is -0.481 e. The van der Waals surface area contributed by atoms with E-state index in [9.17, 15) is 9.90 Å². The van der Waals surface area contributed by atoms with E-state index in [4.69, 9.17) is 5.11 Å². The first-order chi connectivity index (χ1) is 5.96. The number of hydrogen-bond acceptors (Lipinski definition) is 2. The first-order valence-corrected chi connectivity index (χ1v) is 4.90. The minimum absolute atomic E-state index is 0.0450. The summed E-state index contributed by atoms with van der Waals surface area (Å²) in [6.45, 7) is 5.82. The van der Waals surface area contributed by atoms with Crippen LogP contribution in [-0.4, -0.2) is 21.8 Å². The molecule has 2 N–H and O–H groups in total. The van der Waals surface area contributed by atoms with Gasteiger partial charge in [-0.25, -0.2) is 0 Å². The van der Waals surface area contributed by atoms with E-state index in [1.165, 1.54) is 0 Å². The maximum atomic E-state index is 10.6. The molecule has 0 aliphatic rings. The molecule has 0 aromatic rings. The van der Waals surface area contributed by atoms with E-state index < -0.39 is 11.6 Å². The highest BCUT2D eigenvalue weighted by Crippen LogP contribution is 2.28. The third kappa shape index (κ3) is 3.77. The molecule has 0 amide bonds. The fourth-order valence-corrected chi connectivity index (χ4v) is 1.58. The van der Waals surface area contributed by atoms with E-state index in [0.29, 0.717) is 6.42 Å². The summed E-state index contributed by atoms with van der Waals surface area (Å²) in [7, 11) is 0. The average molecular weight is 188 g/mol. The SMILES string of the molecule is CCCC(O)(CC(=O)O)C(C)CC. The molecular weight excluding hydrogens is 168 g/mol. The van der Waals surface area contributed by atoms with Gasteiger partial charge in [0.15, 0.2) is 0 Å². The van der Waals surface area contributed by atoms with Crippen LogP contribution in [0.4, 0.5) is 0 Å². The van der Waals surface area contributed by atoms with E-state index in [0.717, 1.165) is 12.8 Å². The fourth-order valence-electron chi connectivity index (χ4n) is 1.58. The van der Waals surface area contributed by atoms with Crippen LogP contribution in [0.3, 0.4) is 0 Å². The Balaban J connectivity index is 4.40. The van der Waals surface area contributed by atoms with Crippen molar-refractivity contribution in [3.63, 3.8) is 0 Å². The van der Waals surface area contributed by atoms with Crippen molar-refractivity contribution in [2.45, 2.75) is 52.1 Å². The van der Waals surface area contributed by atoms with Crippen LogP contribution in [0.1, 0.15) is 46.5 Å². The first kappa shape index (κ1) is 12.4. The summed E-state index contributed by atoms with van der Waals surface area (Å²) in [6, 6.07) is 0. The summed E-state index contributed by atoms with van der Waals surface area (Å²) in [5, 5.41) is 18.7. The lowest BCUT2D eigenvalue weighted by atomic mass is 9.81. The fraction of sp³-hybridized carbons (Fsp3) is 0.900. The van der Waals surface area contributed by atoms with E-state index in [-0.39, 0.29) is 12.3 Å². The minimum atomic E-state index is -1.02. The Morgan fingerprint density at radius 1 is 1.46 bits per heavy atom. The molecule has 0 bridgehead atoms. The van der Waals surface area contributed by atoms with Crippen LogP contribution in [0.2, 0.25) is 0 Å². The molecule has 0 aromatic heterocycles. The third-order valence-corrected chi connectivity index (χ3v) is 2.67. The van der Waals surface area contributed by atoms with E-state index in [1.54, 1.807) is 0 Å². The maximum Gasteiger partial charge on any atom is 0.306 e. The molecule has 0 saturated carbocycles. The van der Waals surface area contributed by atoms with Crippen LogP contribution in [0.15, 0.2) is 0 Å². The van der Waals surface area contributed by atoms with Crippen LogP contribution in [-0.2, 0) is 4.79 Å². The van der Waals surface area contributed by atoms with Gasteiger partial charge < -0.3 is 10.2 Å². The molecule has 2 atom stereocenters. The molecule has 13 heavy (non-hydrogen) atoms. The monoisotopic (exact) mass is 188 g/mol. The van der Waals surface area contributed by atoms with E-state index >= 15 is 0 Å². The maximum absolute atomic E-state index is 10.6. The predicted octanol–water partition coefficient (Wildman–Crippen LogP) is 2.04. The Hall–Kier alpha value is -0.570. The lowest BCUT2D eigenvalue weighted by molar-refractivity contribution is -0.145. The highest BCUT2D eigenvalue weighted by Gasteiger charge is 2.33. The van der Waals surface area contributed by atoms with Crippen LogP contribution in [0.5, 0.6) is 0 Å². The summed E-state index contributed by atoms with van der Waals surface area (Å²) in [5.74, 6) is -0.875. The zero-order valence-corrected chi connectivity index (χ0v) is 8.71. The number of carboxylic acids is 1. The summed E-state index contributed by atoms with van der Waals surface area (Å²) in [4.78, 5) is 10.6. The standard InChI is InChI=1S/C10H20O3/c1-4-6-10(13,7-9(11)12)8(3)5-2/h8,13H,4-7H2,1-3H3,(H,11,12). The van der Waals surface area contributed by atoms with Crippen molar-refractivity contribution in [1.29, 1.82) is 0 Å². The van der Waals surface area contributed by atoms with Gasteiger partial charge >= 0.3 is 5.97 Å². The number of hydrogen-bond donors (Lipinski definition) is 2. The lowest BCUT2D eigenvalue weighted by Crippen LogP contribution is -2.38. The predicted molar refractivity (Wildman–Crippen MR) is 51.6 cm³/mol. The first-order valence-electron chi connectivity index (χ1n) is 4.90. The molecule has 0 fully saturated rings. The van der Waals surface area contributed by atoms with Gasteiger partial charge in [0.1, 0.15) is 0 Å². The molecule has 0 radical (unpaired) electrons. The molecule has 0 aromatic carbocycles. The topological polar surface area (TPSA) is 57.5 Å². The van der Waals surface area contributed by atoms with Gasteiger partial charge in [-0.15, -0.1) is 0 Å². The second kappa shape index (κ2) is 5.22. The smallest absolute Gasteiger partial charge is 0.306 e. The van der Waals surface area contributed by atoms with Gasteiger partial charge in [-0.1, -0.05) is 33.6 Å². The Morgan fingerprint density at radius 3 is 2.31 bits per heavy atom. The van der Waals surface area contributed by atoms with Crippen LogP contribution >= 0.6 is 0 Å². The molecule has 0 saturated heterocycles. The summed E-state index contributed by atoms with van der Waals surface area (Å²) >= 11 is 0. The van der Waals surface area contributed by atoms with Gasteiger partial charge in [0.2, 0.25) is 0 Å². The third-order valence-electron chi connectivity index (χ3n) is 2.67. The van der Waals surface area contributed by atoms with Crippen molar-refractivity contribution >= 4 is 5.97 Å². The van der Waals surface area contributed by atoms with Gasteiger partial charge in [0.05, 0.1) is 12.0 Å². The molecular formula is C10H20O3. The summed E-state index contributed by atoms with van der Waals surface area (Å²) in [5.41, 5.74) is -1.02. The van der Waals surface area contributed by atoms with Gasteiger partial charge in [-0.3, -0.25) is 4.79 Å². The molecule has 0 rings (SSSR count). The number of rotatable bonds is 6. The Labute approximate surface area is 79.8 Å². The molecule has 0 spiro atoms. The van der Waals surface area contributed by atoms with Crippen molar-refractivity contribution in [2.75, 3.05) is 0 Å². The molecule has 0 aliphatic carbocycles. The summed E-state index contributed by atoms with van der Waals surface area (Å²) < 4.78 is 0. The van der Waals surface area contributed by atoms with Gasteiger partial charge in [0, 0.05) is 0 Å². The van der Waals surface area contributed by atoms with Gasteiger partial charge in [0.25, 0.3) is 0 Å². The molecule has 0 heterocycles. The highest BCUT2D eigenvalue weighted by atomic mass is 16.4. The zero-order valence-electron chi connectivity index (χ0n) is 8.71. The van der Waals surface area contributed by atoms with Crippen molar-refractivity contribution in [1.82, 2.24) is 0 Å². The second-order valence-electron chi connectivity index (χ2n) is 3.73. The number of aliphatic carboxylic acids is 1. The molecule has 3 nitrogen and oxygen atoms in total. The van der Waals surface area contributed by atoms with Crippen molar-refractivity contribution in [3.8, 4) is 0 Å². The Kier molecular flexibility index (Phi) is 4.99. The van der Waals surface area contributed by atoms with Gasteiger partial charge in [-0.2, -0.15) is 0 Å². The Morgan fingerprint density at radius 2 is 2.00 bits per heavy atom. The van der Waals surface area contributed by atoms with Crippen molar-refractivity contribution < 1.29 is 15.0 Å². The highest BCUT2D eigenvalue weighted by molar-refractivity contribution is 5.68. The molecule has 78 valence electrons. The second-order valence-corrected chi connectivity index (χ2v) is 3.73. The van der Waals surface area contributed by atoms with E-state index in [2.05, 4.69) is 0 Å². The largest absolute Gasteiger partial charge is 0.481 e. The van der Waals surface area contributed by atoms with Crippen molar-refractivity contribution in [2.24, 2.45) is 5.92 Å². The van der Waals surface area contributed by atoms with E-state index in [1.807, 2.05) is 20.8 Å². The number of carboxylic acid groups (broad SMARTS) is 1. The number of aliphatic hydroxyl groups is 1. The van der Waals surface area contributed by atoms with Crippen LogP contribution < -0.4 is 0 Å². The van der Waals surface area contributed by atoms with Gasteiger partial charge in [-0.05, 0) is 12.3 Å². The van der Waals surface area contributed by atoms with Crippen LogP contribution in [0.25, 0.3) is 0 Å². The Bertz CT molecular complexity index is 168.